The van der Waals surface area contributed by atoms with Gasteiger partial charge in [-0.15, -0.1) is 0 Å². The van der Waals surface area contributed by atoms with Crippen molar-refractivity contribution in [3.8, 4) is 11.5 Å². The molecule has 0 radical (unpaired) electrons. The predicted molar refractivity (Wildman–Crippen MR) is 102 cm³/mol. The number of esters is 1. The van der Waals surface area contributed by atoms with Crippen LogP contribution >= 0.6 is 0 Å². The summed E-state index contributed by atoms with van der Waals surface area (Å²) < 4.78 is 16.0. The van der Waals surface area contributed by atoms with Crippen molar-refractivity contribution in [3.05, 3.63) is 23.8 Å². The van der Waals surface area contributed by atoms with Gasteiger partial charge in [0.2, 0.25) is 5.91 Å². The molecule has 0 aromatic heterocycles. The lowest BCUT2D eigenvalue weighted by molar-refractivity contribution is -0.137. The van der Waals surface area contributed by atoms with Crippen molar-refractivity contribution in [2.75, 3.05) is 33.4 Å². The number of benzene rings is 1. The van der Waals surface area contributed by atoms with Crippen LogP contribution in [-0.4, -0.2) is 56.1 Å². The third kappa shape index (κ3) is 5.87. The number of hydrogen-bond acceptors (Lipinski definition) is 6. The largest absolute Gasteiger partial charge is 0.493 e. The van der Waals surface area contributed by atoms with E-state index in [0.29, 0.717) is 37.5 Å². The van der Waals surface area contributed by atoms with Gasteiger partial charge in [-0.2, -0.15) is 0 Å². The number of nitrogens with two attached hydrogens (primary N) is 1. The molecule has 2 N–H and O–H groups in total. The van der Waals surface area contributed by atoms with E-state index in [-0.39, 0.29) is 30.5 Å². The van der Waals surface area contributed by atoms with E-state index in [9.17, 15) is 14.4 Å². The van der Waals surface area contributed by atoms with E-state index < -0.39 is 11.9 Å². The number of unbranched alkanes of at least 4 members (excludes halogenated alkanes) is 1. The van der Waals surface area contributed by atoms with Gasteiger partial charge < -0.3 is 24.8 Å². The van der Waals surface area contributed by atoms with E-state index in [2.05, 4.69) is 6.92 Å². The van der Waals surface area contributed by atoms with Crippen molar-refractivity contribution in [3.63, 3.8) is 0 Å². The smallest absolute Gasteiger partial charge is 0.338 e. The number of piperidine rings is 1. The molecule has 0 unspecified atom stereocenters. The molecule has 1 aromatic rings. The third-order valence-corrected chi connectivity index (χ3v) is 4.66. The van der Waals surface area contributed by atoms with Gasteiger partial charge in [-0.05, 0) is 37.5 Å². The Bertz CT molecular complexity index is 706. The van der Waals surface area contributed by atoms with Crippen molar-refractivity contribution in [2.24, 2.45) is 11.7 Å². The van der Waals surface area contributed by atoms with Gasteiger partial charge in [0.1, 0.15) is 0 Å². The van der Waals surface area contributed by atoms with Gasteiger partial charge in [0.15, 0.2) is 18.1 Å². The molecular weight excluding hydrogens is 364 g/mol. The third-order valence-electron chi connectivity index (χ3n) is 4.66. The highest BCUT2D eigenvalue weighted by atomic mass is 16.5. The van der Waals surface area contributed by atoms with Crippen LogP contribution in [0.3, 0.4) is 0 Å². The van der Waals surface area contributed by atoms with E-state index in [1.807, 2.05) is 0 Å². The summed E-state index contributed by atoms with van der Waals surface area (Å²) in [4.78, 5) is 37.4. The lowest BCUT2D eigenvalue weighted by atomic mass is 9.97. The Labute approximate surface area is 164 Å². The number of rotatable bonds is 9. The number of primary amides is 1. The first-order valence-electron chi connectivity index (χ1n) is 9.51. The fourth-order valence-corrected chi connectivity index (χ4v) is 2.98. The van der Waals surface area contributed by atoms with Crippen LogP contribution in [0.5, 0.6) is 11.5 Å². The quantitative estimate of drug-likeness (QED) is 0.507. The molecule has 1 aliphatic rings. The zero-order valence-electron chi connectivity index (χ0n) is 16.4. The molecule has 1 saturated heterocycles. The van der Waals surface area contributed by atoms with Crippen LogP contribution in [0.15, 0.2) is 18.2 Å². The van der Waals surface area contributed by atoms with Gasteiger partial charge >= 0.3 is 5.97 Å². The lowest BCUT2D eigenvalue weighted by Crippen LogP contribution is -2.45. The second kappa shape index (κ2) is 10.5. The standard InChI is InChI=1S/C20H28N2O6/c1-3-4-10-27-16-8-7-14(11-17(16)26-2)20(25)28-13-18(23)22-9-5-6-15(12-22)19(21)24/h7-8,11,15H,3-6,9-10,12-13H2,1-2H3,(H2,21,24)/t15-/m0/s1. The second-order valence-electron chi connectivity index (χ2n) is 6.73. The second-order valence-corrected chi connectivity index (χ2v) is 6.73. The zero-order chi connectivity index (χ0) is 20.5. The molecule has 1 aromatic carbocycles. The number of carbonyl (C=O) groups is 3. The van der Waals surface area contributed by atoms with Crippen molar-refractivity contribution < 1.29 is 28.6 Å². The maximum atomic E-state index is 12.3. The highest BCUT2D eigenvalue weighted by Gasteiger charge is 2.27. The molecule has 0 saturated carbocycles. The van der Waals surface area contributed by atoms with Gasteiger partial charge in [-0.1, -0.05) is 13.3 Å². The molecule has 2 amide bonds. The van der Waals surface area contributed by atoms with E-state index >= 15 is 0 Å². The molecule has 8 heteroatoms. The highest BCUT2D eigenvalue weighted by Crippen LogP contribution is 2.28. The summed E-state index contributed by atoms with van der Waals surface area (Å²) in [6.45, 7) is 3.04. The molecule has 1 aliphatic heterocycles. The van der Waals surface area contributed by atoms with Crippen molar-refractivity contribution in [1.29, 1.82) is 0 Å². The summed E-state index contributed by atoms with van der Waals surface area (Å²) in [5.41, 5.74) is 5.59. The highest BCUT2D eigenvalue weighted by molar-refractivity contribution is 5.92. The molecule has 0 aliphatic carbocycles. The Morgan fingerprint density at radius 1 is 1.25 bits per heavy atom. The van der Waals surface area contributed by atoms with E-state index in [0.717, 1.165) is 12.8 Å². The minimum Gasteiger partial charge on any atom is -0.493 e. The number of likely N-dealkylation sites (tertiary alicyclic amines) is 1. The minimum atomic E-state index is -0.629. The Hall–Kier alpha value is -2.77. The monoisotopic (exact) mass is 392 g/mol. The van der Waals surface area contributed by atoms with Gasteiger partial charge in [-0.25, -0.2) is 4.79 Å². The van der Waals surface area contributed by atoms with Gasteiger partial charge in [0.05, 0.1) is 25.2 Å². The average Bonchev–Trinajstić information content (AvgIpc) is 2.72. The minimum absolute atomic E-state index is 0.265. The Kier molecular flexibility index (Phi) is 8.10. The number of carbonyl (C=O) groups excluding carboxylic acids is 3. The van der Waals surface area contributed by atoms with E-state index in [4.69, 9.17) is 19.9 Å². The van der Waals surface area contributed by atoms with Crippen LogP contribution in [0.4, 0.5) is 0 Å². The van der Waals surface area contributed by atoms with Crippen LogP contribution in [-0.2, 0) is 14.3 Å². The van der Waals surface area contributed by atoms with Gasteiger partial charge in [0.25, 0.3) is 5.91 Å². The molecule has 1 atom stereocenters. The van der Waals surface area contributed by atoms with Gasteiger partial charge in [-0.3, -0.25) is 9.59 Å². The number of amides is 2. The first-order chi connectivity index (χ1) is 13.5. The molecule has 28 heavy (non-hydrogen) atoms. The molecule has 2 rings (SSSR count). The number of methoxy groups -OCH3 is 1. The molecule has 0 bridgehead atoms. The lowest BCUT2D eigenvalue weighted by Gasteiger charge is -2.31. The van der Waals surface area contributed by atoms with Gasteiger partial charge in [0, 0.05) is 13.1 Å². The number of nitrogens with zero attached hydrogens (tertiary/aromatic N) is 1. The first-order valence-corrected chi connectivity index (χ1v) is 9.51. The Balaban J connectivity index is 1.91. The van der Waals surface area contributed by atoms with Crippen LogP contribution in [0, 0.1) is 5.92 Å². The maximum absolute atomic E-state index is 12.3. The fraction of sp³-hybridized carbons (Fsp3) is 0.550. The van der Waals surface area contributed by atoms with E-state index in [1.165, 1.54) is 18.1 Å². The van der Waals surface area contributed by atoms with Crippen LogP contribution in [0.2, 0.25) is 0 Å². The average molecular weight is 392 g/mol. The van der Waals surface area contributed by atoms with Crippen LogP contribution in [0.25, 0.3) is 0 Å². The van der Waals surface area contributed by atoms with Crippen molar-refractivity contribution in [2.45, 2.75) is 32.6 Å². The number of ether oxygens (including phenoxy) is 3. The summed E-state index contributed by atoms with van der Waals surface area (Å²) in [5.74, 6) is -0.756. The molecule has 1 heterocycles. The topological polar surface area (TPSA) is 108 Å². The van der Waals surface area contributed by atoms with Crippen LogP contribution < -0.4 is 15.2 Å². The van der Waals surface area contributed by atoms with E-state index in [1.54, 1.807) is 12.1 Å². The Morgan fingerprint density at radius 3 is 2.71 bits per heavy atom. The number of hydrogen-bond donors (Lipinski definition) is 1. The summed E-state index contributed by atoms with van der Waals surface area (Å²) in [6.07, 6.45) is 3.30. The fourth-order valence-electron chi connectivity index (χ4n) is 2.98. The molecule has 154 valence electrons. The summed E-state index contributed by atoms with van der Waals surface area (Å²) in [5, 5.41) is 0. The van der Waals surface area contributed by atoms with Crippen molar-refractivity contribution >= 4 is 17.8 Å². The maximum Gasteiger partial charge on any atom is 0.338 e. The molecule has 0 spiro atoms. The summed E-state index contributed by atoms with van der Waals surface area (Å²) in [7, 11) is 1.49. The molecule has 8 nitrogen and oxygen atoms in total. The summed E-state index contributed by atoms with van der Waals surface area (Å²) in [6, 6.07) is 4.74. The molecular formula is C20H28N2O6. The predicted octanol–water partition coefficient (Wildman–Crippen LogP) is 1.75. The van der Waals surface area contributed by atoms with Crippen LogP contribution in [0.1, 0.15) is 43.0 Å². The molecule has 1 fully saturated rings. The zero-order valence-corrected chi connectivity index (χ0v) is 16.4. The van der Waals surface area contributed by atoms with Crippen molar-refractivity contribution in [1.82, 2.24) is 4.90 Å². The summed E-state index contributed by atoms with van der Waals surface area (Å²) >= 11 is 0. The Morgan fingerprint density at radius 2 is 2.04 bits per heavy atom. The first kappa shape index (κ1) is 21.5. The SMILES string of the molecule is CCCCOc1ccc(C(=O)OCC(=O)N2CCC[C@H](C(N)=O)C2)cc1OC. The normalized spacial score (nSPS) is 16.4.